The third-order valence-corrected chi connectivity index (χ3v) is 7.70. The van der Waals surface area contributed by atoms with Crippen molar-refractivity contribution in [1.82, 2.24) is 9.47 Å². The molecule has 1 saturated heterocycles. The minimum absolute atomic E-state index is 0.213. The van der Waals surface area contributed by atoms with Crippen LogP contribution in [0.15, 0.2) is 34.1 Å². The summed E-state index contributed by atoms with van der Waals surface area (Å²) in [5.41, 5.74) is 8.00. The van der Waals surface area contributed by atoms with Gasteiger partial charge in [0.1, 0.15) is 10.7 Å². The second-order valence-electron chi connectivity index (χ2n) is 6.92. The molecule has 1 atom stereocenters. The molecule has 2 heterocycles. The number of sulfone groups is 1. The van der Waals surface area contributed by atoms with Gasteiger partial charge in [0.05, 0.1) is 4.90 Å². The van der Waals surface area contributed by atoms with Gasteiger partial charge in [-0.2, -0.15) is 0 Å². The van der Waals surface area contributed by atoms with E-state index in [0.29, 0.717) is 16.9 Å². The molecule has 0 spiro atoms. The van der Waals surface area contributed by atoms with Gasteiger partial charge >= 0.3 is 0 Å². The number of hydrogen-bond donors (Lipinski definition) is 1. The van der Waals surface area contributed by atoms with Crippen molar-refractivity contribution in [1.29, 1.82) is 0 Å². The number of anilines is 1. The molecule has 0 aliphatic carbocycles. The first-order valence-corrected chi connectivity index (χ1v) is 10.8. The Morgan fingerprint density at radius 3 is 2.50 bits per heavy atom. The normalized spacial score (nSPS) is 18.5. The van der Waals surface area contributed by atoms with Gasteiger partial charge in [-0.25, -0.2) is 8.42 Å². The molecule has 2 aromatic rings. The minimum atomic E-state index is -3.69. The molecule has 2 N–H and O–H groups in total. The summed E-state index contributed by atoms with van der Waals surface area (Å²) in [4.78, 5) is 2.87. The molecule has 5 nitrogen and oxygen atoms in total. The first kappa shape index (κ1) is 19.3. The van der Waals surface area contributed by atoms with Crippen LogP contribution in [0.1, 0.15) is 31.0 Å². The van der Waals surface area contributed by atoms with Crippen LogP contribution in [0.3, 0.4) is 0 Å². The second kappa shape index (κ2) is 7.25. The maximum absolute atomic E-state index is 13.2. The fourth-order valence-corrected chi connectivity index (χ4v) is 5.69. The average Bonchev–Trinajstić information content (AvgIpc) is 3.13. The third kappa shape index (κ3) is 3.26. The lowest BCUT2D eigenvalue weighted by atomic mass is 10.2. The van der Waals surface area contributed by atoms with E-state index in [1.165, 1.54) is 18.6 Å². The maximum Gasteiger partial charge on any atom is 0.210 e. The Morgan fingerprint density at radius 2 is 1.88 bits per heavy atom. The number of rotatable bonds is 5. The number of halogens is 1. The third-order valence-electron chi connectivity index (χ3n) is 5.50. The highest BCUT2D eigenvalue weighted by molar-refractivity contribution is 7.91. The zero-order valence-electron chi connectivity index (χ0n) is 15.5. The van der Waals surface area contributed by atoms with Crippen LogP contribution < -0.4 is 5.73 Å². The fraction of sp³-hybridized carbons (Fsp3) is 0.474. The number of aromatic nitrogens is 1. The molecule has 0 amide bonds. The summed E-state index contributed by atoms with van der Waals surface area (Å²) in [5.74, 6) is 0.331. The number of nitrogen functional groups attached to an aromatic ring is 1. The monoisotopic (exact) mass is 395 g/mol. The van der Waals surface area contributed by atoms with Gasteiger partial charge in [-0.15, -0.1) is 0 Å². The molecule has 0 saturated carbocycles. The molecule has 26 heavy (non-hydrogen) atoms. The van der Waals surface area contributed by atoms with Crippen molar-refractivity contribution < 1.29 is 8.42 Å². The summed E-state index contributed by atoms with van der Waals surface area (Å²) < 4.78 is 28.3. The van der Waals surface area contributed by atoms with Crippen LogP contribution in [0.2, 0.25) is 5.02 Å². The zero-order valence-corrected chi connectivity index (χ0v) is 17.1. The zero-order chi connectivity index (χ0) is 19.1. The van der Waals surface area contributed by atoms with Crippen molar-refractivity contribution in [2.45, 2.75) is 56.0 Å². The molecule has 0 radical (unpaired) electrons. The molecule has 7 heteroatoms. The van der Waals surface area contributed by atoms with Crippen molar-refractivity contribution in [3.05, 3.63) is 40.5 Å². The standard InChI is InChI=1S/C19H26ClN3O2S/c1-4-22-11-5-6-16(22)12-23-14(3)13(2)18(19(23)21)26(24,25)17-9-7-15(20)8-10-17/h7-10,16H,4-6,11-12,21H2,1-3H3/t16-/m1/s1. The first-order valence-electron chi connectivity index (χ1n) is 8.97. The van der Waals surface area contributed by atoms with E-state index in [1.807, 2.05) is 18.4 Å². The van der Waals surface area contributed by atoms with Gasteiger partial charge in [-0.1, -0.05) is 18.5 Å². The van der Waals surface area contributed by atoms with Crippen LogP contribution in [0, 0.1) is 13.8 Å². The van der Waals surface area contributed by atoms with E-state index in [-0.39, 0.29) is 9.79 Å². The summed E-state index contributed by atoms with van der Waals surface area (Å²) in [5, 5.41) is 0.503. The predicted octanol–water partition coefficient (Wildman–Crippen LogP) is 3.66. The number of likely N-dealkylation sites (tertiary alicyclic amines) is 1. The maximum atomic E-state index is 13.2. The van der Waals surface area contributed by atoms with Gasteiger partial charge in [0.25, 0.3) is 0 Å². The van der Waals surface area contributed by atoms with Gasteiger partial charge in [0.15, 0.2) is 0 Å². The molecule has 1 aliphatic rings. The predicted molar refractivity (Wildman–Crippen MR) is 105 cm³/mol. The Hall–Kier alpha value is -1.50. The van der Waals surface area contributed by atoms with E-state index < -0.39 is 9.84 Å². The Balaban J connectivity index is 2.03. The van der Waals surface area contributed by atoms with E-state index in [2.05, 4.69) is 11.8 Å². The van der Waals surface area contributed by atoms with Crippen molar-refractivity contribution >= 4 is 27.3 Å². The van der Waals surface area contributed by atoms with E-state index in [9.17, 15) is 8.42 Å². The topological polar surface area (TPSA) is 68.3 Å². The highest BCUT2D eigenvalue weighted by atomic mass is 35.5. The highest BCUT2D eigenvalue weighted by Crippen LogP contribution is 2.34. The summed E-state index contributed by atoms with van der Waals surface area (Å²) in [6, 6.07) is 6.62. The smallest absolute Gasteiger partial charge is 0.210 e. The molecular weight excluding hydrogens is 370 g/mol. The summed E-state index contributed by atoms with van der Waals surface area (Å²) >= 11 is 5.89. The molecule has 0 unspecified atom stereocenters. The Morgan fingerprint density at radius 1 is 1.23 bits per heavy atom. The average molecular weight is 396 g/mol. The van der Waals surface area contributed by atoms with Crippen molar-refractivity contribution in [2.75, 3.05) is 18.8 Å². The van der Waals surface area contributed by atoms with Crippen LogP contribution >= 0.6 is 11.6 Å². The lowest BCUT2D eigenvalue weighted by molar-refractivity contribution is 0.244. The fourth-order valence-electron chi connectivity index (χ4n) is 3.90. The Bertz CT molecular complexity index is 904. The molecule has 3 rings (SSSR count). The Kier molecular flexibility index (Phi) is 5.37. The Labute approximate surface area is 160 Å². The largest absolute Gasteiger partial charge is 0.384 e. The number of hydrogen-bond acceptors (Lipinski definition) is 4. The van der Waals surface area contributed by atoms with Crippen LogP contribution in [0.25, 0.3) is 0 Å². The summed E-state index contributed by atoms with van der Waals surface area (Å²) in [6.45, 7) is 8.75. The lowest BCUT2D eigenvalue weighted by Crippen LogP contribution is -2.33. The quantitative estimate of drug-likeness (QED) is 0.838. The molecule has 1 aliphatic heterocycles. The van der Waals surface area contributed by atoms with E-state index in [0.717, 1.165) is 37.3 Å². The minimum Gasteiger partial charge on any atom is -0.384 e. The van der Waals surface area contributed by atoms with E-state index in [1.54, 1.807) is 12.1 Å². The number of nitrogens with two attached hydrogens (primary N) is 1. The van der Waals surface area contributed by atoms with Gasteiger partial charge < -0.3 is 10.3 Å². The van der Waals surface area contributed by atoms with Crippen LogP contribution in [0.5, 0.6) is 0 Å². The van der Waals surface area contributed by atoms with Crippen LogP contribution in [0.4, 0.5) is 5.82 Å². The van der Waals surface area contributed by atoms with Crippen LogP contribution in [-0.4, -0.2) is 37.0 Å². The molecule has 1 fully saturated rings. The van der Waals surface area contributed by atoms with Gasteiger partial charge in [-0.3, -0.25) is 4.90 Å². The van der Waals surface area contributed by atoms with Crippen molar-refractivity contribution in [2.24, 2.45) is 0 Å². The molecular formula is C19H26ClN3O2S. The highest BCUT2D eigenvalue weighted by Gasteiger charge is 2.30. The molecule has 1 aromatic heterocycles. The first-order chi connectivity index (χ1) is 12.3. The SMILES string of the molecule is CCN1CCC[C@@H]1Cn1c(C)c(C)c(S(=O)(=O)c2ccc(Cl)cc2)c1N. The van der Waals surface area contributed by atoms with E-state index >= 15 is 0 Å². The summed E-state index contributed by atoms with van der Waals surface area (Å²) in [7, 11) is -3.69. The number of likely N-dealkylation sites (N-methyl/N-ethyl adjacent to an activating group) is 1. The van der Waals surface area contributed by atoms with Crippen LogP contribution in [-0.2, 0) is 16.4 Å². The van der Waals surface area contributed by atoms with Crippen molar-refractivity contribution in [3.63, 3.8) is 0 Å². The van der Waals surface area contributed by atoms with Gasteiger partial charge in [0, 0.05) is 23.3 Å². The van der Waals surface area contributed by atoms with Crippen molar-refractivity contribution in [3.8, 4) is 0 Å². The number of nitrogens with zero attached hydrogens (tertiary/aromatic N) is 2. The molecule has 142 valence electrons. The van der Waals surface area contributed by atoms with E-state index in [4.69, 9.17) is 17.3 Å². The summed E-state index contributed by atoms with van der Waals surface area (Å²) in [6.07, 6.45) is 2.29. The van der Waals surface area contributed by atoms with Gasteiger partial charge in [-0.05, 0) is 69.6 Å². The van der Waals surface area contributed by atoms with Gasteiger partial charge in [0.2, 0.25) is 9.84 Å². The number of benzene rings is 1. The molecule has 1 aromatic carbocycles. The lowest BCUT2D eigenvalue weighted by Gasteiger charge is -2.24. The molecule has 0 bridgehead atoms. The second-order valence-corrected chi connectivity index (χ2v) is 9.24.